The number of amides is 1. The van der Waals surface area contributed by atoms with Crippen molar-refractivity contribution in [3.8, 4) is 0 Å². The number of methoxy groups -OCH3 is 1. The van der Waals surface area contributed by atoms with Crippen LogP contribution in [0.3, 0.4) is 0 Å². The summed E-state index contributed by atoms with van der Waals surface area (Å²) in [7, 11) is 1.24. The Morgan fingerprint density at radius 1 is 1.20 bits per heavy atom. The van der Waals surface area contributed by atoms with E-state index < -0.39 is 11.9 Å². The predicted molar refractivity (Wildman–Crippen MR) is 68.8 cm³/mol. The van der Waals surface area contributed by atoms with Gasteiger partial charge in [-0.05, 0) is 17.7 Å². The lowest BCUT2D eigenvalue weighted by molar-refractivity contribution is 0.0593. The molecule has 0 spiro atoms. The number of nitrogens with zero attached hydrogens (tertiary/aromatic N) is 3. The molecule has 1 N–H and O–H groups in total. The molecule has 7 heteroatoms. The van der Waals surface area contributed by atoms with Gasteiger partial charge in [-0.1, -0.05) is 0 Å². The highest BCUT2D eigenvalue weighted by atomic mass is 16.5. The zero-order chi connectivity index (χ0) is 14.4. The predicted octanol–water partition coefficient (Wildman–Crippen LogP) is 0.588. The van der Waals surface area contributed by atoms with Gasteiger partial charge in [-0.3, -0.25) is 9.78 Å². The largest absolute Gasteiger partial charge is 0.464 e. The standard InChI is InChI=1S/C13H12N4O3/c1-20-13(19)11-6-10(16-8-17-11)12(18)15-7-9-2-4-14-5-3-9/h2-6,8H,7H2,1H3,(H,15,18). The van der Waals surface area contributed by atoms with E-state index in [4.69, 9.17) is 0 Å². The lowest BCUT2D eigenvalue weighted by Gasteiger charge is -2.05. The van der Waals surface area contributed by atoms with Gasteiger partial charge in [0.1, 0.15) is 12.0 Å². The first kappa shape index (κ1) is 13.6. The molecule has 0 unspecified atom stereocenters. The summed E-state index contributed by atoms with van der Waals surface area (Å²) >= 11 is 0. The molecule has 2 rings (SSSR count). The average molecular weight is 272 g/mol. The van der Waals surface area contributed by atoms with Gasteiger partial charge in [0.15, 0.2) is 5.69 Å². The zero-order valence-corrected chi connectivity index (χ0v) is 10.7. The Balaban J connectivity index is 2.04. The third kappa shape index (κ3) is 3.35. The minimum atomic E-state index is -0.615. The van der Waals surface area contributed by atoms with Gasteiger partial charge >= 0.3 is 5.97 Å². The Hall–Kier alpha value is -2.83. The second-order valence-corrected chi connectivity index (χ2v) is 3.82. The monoisotopic (exact) mass is 272 g/mol. The van der Waals surface area contributed by atoms with Crippen LogP contribution < -0.4 is 5.32 Å². The third-order valence-electron chi connectivity index (χ3n) is 2.50. The number of aromatic nitrogens is 3. The Labute approximate surface area is 115 Å². The Morgan fingerprint density at radius 3 is 2.60 bits per heavy atom. The van der Waals surface area contributed by atoms with Crippen molar-refractivity contribution in [2.45, 2.75) is 6.54 Å². The summed E-state index contributed by atoms with van der Waals surface area (Å²) in [5.41, 5.74) is 1.06. The van der Waals surface area contributed by atoms with Gasteiger partial charge in [0.25, 0.3) is 5.91 Å². The summed E-state index contributed by atoms with van der Waals surface area (Å²) in [5.74, 6) is -1.01. The molecule has 102 valence electrons. The van der Waals surface area contributed by atoms with E-state index in [1.165, 1.54) is 13.2 Å². The van der Waals surface area contributed by atoms with E-state index in [-0.39, 0.29) is 11.4 Å². The van der Waals surface area contributed by atoms with Crippen LogP contribution in [-0.4, -0.2) is 33.9 Å². The molecule has 0 aliphatic heterocycles. The Kier molecular flexibility index (Phi) is 4.33. The van der Waals surface area contributed by atoms with Crippen molar-refractivity contribution in [2.24, 2.45) is 0 Å². The molecule has 0 radical (unpaired) electrons. The fraction of sp³-hybridized carbons (Fsp3) is 0.154. The molecular weight excluding hydrogens is 260 g/mol. The molecule has 2 aromatic rings. The molecule has 1 amide bonds. The van der Waals surface area contributed by atoms with Gasteiger partial charge < -0.3 is 10.1 Å². The van der Waals surface area contributed by atoms with E-state index in [9.17, 15) is 9.59 Å². The van der Waals surface area contributed by atoms with Crippen molar-refractivity contribution in [3.63, 3.8) is 0 Å². The Bertz CT molecular complexity index is 616. The fourth-order valence-electron chi connectivity index (χ4n) is 1.47. The smallest absolute Gasteiger partial charge is 0.356 e. The maximum Gasteiger partial charge on any atom is 0.356 e. The molecule has 0 saturated carbocycles. The molecule has 0 atom stereocenters. The van der Waals surface area contributed by atoms with Crippen molar-refractivity contribution in [2.75, 3.05) is 7.11 Å². The van der Waals surface area contributed by atoms with E-state index in [0.29, 0.717) is 6.54 Å². The van der Waals surface area contributed by atoms with E-state index in [1.807, 2.05) is 0 Å². The summed E-state index contributed by atoms with van der Waals surface area (Å²) in [6.07, 6.45) is 4.43. The summed E-state index contributed by atoms with van der Waals surface area (Å²) in [4.78, 5) is 34.7. The lowest BCUT2D eigenvalue weighted by Crippen LogP contribution is -2.24. The second kappa shape index (κ2) is 6.37. The number of hydrogen-bond donors (Lipinski definition) is 1. The van der Waals surface area contributed by atoms with E-state index in [1.54, 1.807) is 24.5 Å². The maximum absolute atomic E-state index is 11.9. The molecule has 2 heterocycles. The molecule has 7 nitrogen and oxygen atoms in total. The van der Waals surface area contributed by atoms with Crippen LogP contribution in [0.1, 0.15) is 26.5 Å². The minimum Gasteiger partial charge on any atom is -0.464 e. The second-order valence-electron chi connectivity index (χ2n) is 3.82. The zero-order valence-electron chi connectivity index (χ0n) is 10.7. The van der Waals surface area contributed by atoms with E-state index >= 15 is 0 Å². The van der Waals surface area contributed by atoms with Crippen LogP contribution in [0.15, 0.2) is 36.9 Å². The summed E-state index contributed by atoms with van der Waals surface area (Å²) in [5, 5.41) is 2.69. The highest BCUT2D eigenvalue weighted by Crippen LogP contribution is 2.01. The van der Waals surface area contributed by atoms with Gasteiger partial charge in [-0.25, -0.2) is 14.8 Å². The highest BCUT2D eigenvalue weighted by Gasteiger charge is 2.13. The fourth-order valence-corrected chi connectivity index (χ4v) is 1.47. The maximum atomic E-state index is 11.9. The van der Waals surface area contributed by atoms with Crippen LogP contribution in [0.4, 0.5) is 0 Å². The SMILES string of the molecule is COC(=O)c1cc(C(=O)NCc2ccncc2)ncn1. The molecule has 0 bridgehead atoms. The number of rotatable bonds is 4. The van der Waals surface area contributed by atoms with Crippen LogP contribution in [0, 0.1) is 0 Å². The number of ether oxygens (including phenoxy) is 1. The van der Waals surface area contributed by atoms with Crippen molar-refractivity contribution >= 4 is 11.9 Å². The lowest BCUT2D eigenvalue weighted by atomic mass is 10.2. The average Bonchev–Trinajstić information content (AvgIpc) is 2.53. The normalized spacial score (nSPS) is 9.85. The summed E-state index contributed by atoms with van der Waals surface area (Å²) in [6.45, 7) is 0.346. The summed E-state index contributed by atoms with van der Waals surface area (Å²) in [6, 6.07) is 4.87. The van der Waals surface area contributed by atoms with Crippen molar-refractivity contribution in [1.82, 2.24) is 20.3 Å². The molecular formula is C13H12N4O3. The van der Waals surface area contributed by atoms with E-state index in [0.717, 1.165) is 11.9 Å². The topological polar surface area (TPSA) is 94.1 Å². The third-order valence-corrected chi connectivity index (χ3v) is 2.50. The van der Waals surface area contributed by atoms with Crippen molar-refractivity contribution < 1.29 is 14.3 Å². The number of esters is 1. The molecule has 0 aliphatic carbocycles. The molecule has 20 heavy (non-hydrogen) atoms. The van der Waals surface area contributed by atoms with Gasteiger partial charge in [0, 0.05) is 25.0 Å². The molecule has 0 aromatic carbocycles. The van der Waals surface area contributed by atoms with Gasteiger partial charge in [-0.15, -0.1) is 0 Å². The van der Waals surface area contributed by atoms with Crippen LogP contribution in [-0.2, 0) is 11.3 Å². The first-order valence-corrected chi connectivity index (χ1v) is 5.78. The molecule has 0 fully saturated rings. The minimum absolute atomic E-state index is 0.0385. The number of carbonyl (C=O) groups is 2. The number of nitrogens with one attached hydrogen (secondary N) is 1. The van der Waals surface area contributed by atoms with Crippen LogP contribution in [0.2, 0.25) is 0 Å². The van der Waals surface area contributed by atoms with Crippen LogP contribution >= 0.6 is 0 Å². The quantitative estimate of drug-likeness (QED) is 0.818. The van der Waals surface area contributed by atoms with Crippen molar-refractivity contribution in [1.29, 1.82) is 0 Å². The van der Waals surface area contributed by atoms with Gasteiger partial charge in [-0.2, -0.15) is 0 Å². The first-order chi connectivity index (χ1) is 9.70. The van der Waals surface area contributed by atoms with Crippen molar-refractivity contribution in [3.05, 3.63) is 53.9 Å². The van der Waals surface area contributed by atoms with E-state index in [2.05, 4.69) is 25.0 Å². The van der Waals surface area contributed by atoms with Crippen LogP contribution in [0.5, 0.6) is 0 Å². The molecule has 0 aliphatic rings. The Morgan fingerprint density at radius 2 is 1.90 bits per heavy atom. The van der Waals surface area contributed by atoms with Crippen LogP contribution in [0.25, 0.3) is 0 Å². The number of carbonyl (C=O) groups excluding carboxylic acids is 2. The highest BCUT2D eigenvalue weighted by molar-refractivity contribution is 5.95. The first-order valence-electron chi connectivity index (χ1n) is 5.78. The van der Waals surface area contributed by atoms with Gasteiger partial charge in [0.05, 0.1) is 7.11 Å². The molecule has 0 saturated heterocycles. The van der Waals surface area contributed by atoms with Gasteiger partial charge in [0.2, 0.25) is 0 Å². The molecule has 2 aromatic heterocycles. The number of pyridine rings is 1. The summed E-state index contributed by atoms with van der Waals surface area (Å²) < 4.78 is 4.53. The number of hydrogen-bond acceptors (Lipinski definition) is 6.